The molecule has 1 atom stereocenters. The summed E-state index contributed by atoms with van der Waals surface area (Å²) in [6, 6.07) is 7.05. The first kappa shape index (κ1) is 17.5. The Morgan fingerprint density at radius 1 is 1.31 bits per heavy atom. The Balaban J connectivity index is 1.90. The lowest BCUT2D eigenvalue weighted by Crippen LogP contribution is -2.38. The topological polar surface area (TPSA) is 62.1 Å². The fourth-order valence-corrected chi connectivity index (χ4v) is 4.85. The number of benzene rings is 1. The summed E-state index contributed by atoms with van der Waals surface area (Å²) < 4.78 is 24.6. The van der Waals surface area contributed by atoms with Gasteiger partial charge in [0.15, 0.2) is 9.84 Å². The van der Waals surface area contributed by atoms with Crippen molar-refractivity contribution in [3.05, 3.63) is 47.7 Å². The van der Waals surface area contributed by atoms with Crippen LogP contribution in [0.25, 0.3) is 5.70 Å². The first-order valence-electron chi connectivity index (χ1n) is 8.64. The molecule has 0 fully saturated rings. The highest BCUT2D eigenvalue weighted by Crippen LogP contribution is 2.50. The van der Waals surface area contributed by atoms with Crippen LogP contribution in [0.15, 0.2) is 57.0 Å². The molecule has 4 rings (SSSR count). The molecule has 5 nitrogen and oxygen atoms in total. The summed E-state index contributed by atoms with van der Waals surface area (Å²) in [5.41, 5.74) is 2.47. The molecule has 0 amide bonds. The molecule has 0 bridgehead atoms. The molecule has 1 aromatic rings. The van der Waals surface area contributed by atoms with Crippen molar-refractivity contribution in [1.29, 1.82) is 0 Å². The molecule has 0 aliphatic carbocycles. The summed E-state index contributed by atoms with van der Waals surface area (Å²) in [6.07, 6.45) is 5.77. The molecule has 3 aliphatic rings. The smallest absolute Gasteiger partial charge is 0.178 e. The van der Waals surface area contributed by atoms with E-state index in [-0.39, 0.29) is 11.2 Å². The molecule has 1 aromatic carbocycles. The minimum atomic E-state index is -3.27. The molecule has 3 aliphatic heterocycles. The van der Waals surface area contributed by atoms with Gasteiger partial charge in [-0.1, -0.05) is 36.7 Å². The molecular weight excluding hydrogens is 370 g/mol. The number of rotatable bonds is 3. The van der Waals surface area contributed by atoms with E-state index < -0.39 is 9.84 Å². The summed E-state index contributed by atoms with van der Waals surface area (Å²) in [6.45, 7) is 2.39. The van der Waals surface area contributed by atoms with Gasteiger partial charge in [-0.05, 0) is 30.3 Å². The van der Waals surface area contributed by atoms with Gasteiger partial charge >= 0.3 is 0 Å². The molecular formula is C19H20ClN3O2S. The minimum Gasteiger partial charge on any atom is -0.377 e. The van der Waals surface area contributed by atoms with Gasteiger partial charge in [-0.15, -0.1) is 0 Å². The summed E-state index contributed by atoms with van der Waals surface area (Å²) in [5.74, 6) is 0.790. The predicted molar refractivity (Wildman–Crippen MR) is 105 cm³/mol. The number of sulfone groups is 1. The van der Waals surface area contributed by atoms with Gasteiger partial charge < -0.3 is 4.90 Å². The van der Waals surface area contributed by atoms with Crippen molar-refractivity contribution in [1.82, 2.24) is 4.90 Å². The van der Waals surface area contributed by atoms with Gasteiger partial charge in [0.2, 0.25) is 0 Å². The maximum atomic E-state index is 12.3. The quantitative estimate of drug-likeness (QED) is 0.795. The second-order valence-electron chi connectivity index (χ2n) is 6.88. The zero-order chi connectivity index (χ0) is 18.5. The van der Waals surface area contributed by atoms with Crippen LogP contribution in [0.2, 0.25) is 0 Å². The highest BCUT2D eigenvalue weighted by molar-refractivity contribution is 7.91. The number of nitrogens with zero attached hydrogens (tertiary/aromatic N) is 3. The number of halogens is 1. The van der Waals surface area contributed by atoms with Crippen molar-refractivity contribution < 1.29 is 8.42 Å². The van der Waals surface area contributed by atoms with Crippen molar-refractivity contribution in [2.45, 2.75) is 24.7 Å². The first-order valence-corrected chi connectivity index (χ1v) is 10.7. The van der Waals surface area contributed by atoms with E-state index in [0.717, 1.165) is 36.2 Å². The SMILES string of the molecule is CCS(=O)(=O)c1cccc(C2=C3CN(C)C=CC34CCC(Cl)=NC4=N2)c1. The Hall–Kier alpha value is -1.92. The van der Waals surface area contributed by atoms with E-state index in [9.17, 15) is 8.42 Å². The zero-order valence-corrected chi connectivity index (χ0v) is 16.3. The van der Waals surface area contributed by atoms with Gasteiger partial charge in [0.05, 0.1) is 21.8 Å². The van der Waals surface area contributed by atoms with Crippen LogP contribution in [0, 0.1) is 5.41 Å². The van der Waals surface area contributed by atoms with Crippen LogP contribution in [0.3, 0.4) is 0 Å². The number of likely N-dealkylation sites (N-methyl/N-ethyl adjacent to an activating group) is 1. The van der Waals surface area contributed by atoms with Crippen LogP contribution in [-0.4, -0.2) is 43.7 Å². The monoisotopic (exact) mass is 389 g/mol. The third-order valence-electron chi connectivity index (χ3n) is 5.26. The Morgan fingerprint density at radius 3 is 2.88 bits per heavy atom. The Morgan fingerprint density at radius 2 is 2.12 bits per heavy atom. The van der Waals surface area contributed by atoms with E-state index in [1.165, 1.54) is 0 Å². The Kier molecular flexibility index (Phi) is 4.08. The van der Waals surface area contributed by atoms with Crippen molar-refractivity contribution in [2.24, 2.45) is 15.4 Å². The largest absolute Gasteiger partial charge is 0.377 e. The van der Waals surface area contributed by atoms with E-state index in [2.05, 4.69) is 22.2 Å². The average Bonchev–Trinajstić information content (AvgIpc) is 2.96. The third kappa shape index (κ3) is 2.63. The molecule has 7 heteroatoms. The van der Waals surface area contributed by atoms with E-state index in [1.54, 1.807) is 25.1 Å². The maximum Gasteiger partial charge on any atom is 0.178 e. The maximum absolute atomic E-state index is 12.3. The molecule has 0 saturated heterocycles. The van der Waals surface area contributed by atoms with Crippen LogP contribution in [0.4, 0.5) is 0 Å². The van der Waals surface area contributed by atoms with E-state index in [1.807, 2.05) is 13.1 Å². The van der Waals surface area contributed by atoms with Crippen molar-refractivity contribution in [2.75, 3.05) is 19.3 Å². The summed E-state index contributed by atoms with van der Waals surface area (Å²) >= 11 is 6.17. The lowest BCUT2D eigenvalue weighted by molar-refractivity contribution is 0.413. The van der Waals surface area contributed by atoms with Gasteiger partial charge in [-0.2, -0.15) is 0 Å². The normalized spacial score (nSPS) is 25.0. The minimum absolute atomic E-state index is 0.0756. The fourth-order valence-electron chi connectivity index (χ4n) is 3.75. The number of hydrogen-bond donors (Lipinski definition) is 0. The lowest BCUT2D eigenvalue weighted by atomic mass is 9.72. The second kappa shape index (κ2) is 6.06. The lowest BCUT2D eigenvalue weighted by Gasteiger charge is -2.37. The second-order valence-corrected chi connectivity index (χ2v) is 9.60. The number of aliphatic imine (C=N–C) groups is 2. The molecule has 1 spiro atoms. The molecule has 0 N–H and O–H groups in total. The number of amidine groups is 1. The third-order valence-corrected chi connectivity index (χ3v) is 7.27. The molecule has 0 radical (unpaired) electrons. The van der Waals surface area contributed by atoms with Gasteiger partial charge in [0, 0.05) is 25.6 Å². The molecule has 26 heavy (non-hydrogen) atoms. The summed E-state index contributed by atoms with van der Waals surface area (Å²) in [7, 11) is -1.25. The zero-order valence-electron chi connectivity index (χ0n) is 14.7. The van der Waals surface area contributed by atoms with Gasteiger partial charge in [0.25, 0.3) is 0 Å². The van der Waals surface area contributed by atoms with Crippen LogP contribution >= 0.6 is 11.6 Å². The molecule has 3 heterocycles. The Labute approximate surface area is 158 Å². The van der Waals surface area contributed by atoms with E-state index in [0.29, 0.717) is 15.9 Å². The van der Waals surface area contributed by atoms with E-state index >= 15 is 0 Å². The average molecular weight is 390 g/mol. The van der Waals surface area contributed by atoms with Crippen LogP contribution < -0.4 is 0 Å². The van der Waals surface area contributed by atoms with Crippen LogP contribution in [-0.2, 0) is 9.84 Å². The molecule has 0 aromatic heterocycles. The summed E-state index contributed by atoms with van der Waals surface area (Å²) in [5, 5.41) is 0.574. The van der Waals surface area contributed by atoms with Crippen molar-refractivity contribution >= 4 is 38.1 Å². The Bertz CT molecular complexity index is 1010. The predicted octanol–water partition coefficient (Wildman–Crippen LogP) is 3.48. The molecule has 0 saturated carbocycles. The number of hydrogen-bond acceptors (Lipinski definition) is 5. The first-order chi connectivity index (χ1) is 12.4. The van der Waals surface area contributed by atoms with Crippen LogP contribution in [0.5, 0.6) is 0 Å². The van der Waals surface area contributed by atoms with Crippen molar-refractivity contribution in [3.8, 4) is 0 Å². The summed E-state index contributed by atoms with van der Waals surface area (Å²) in [4.78, 5) is 11.7. The standard InChI is InChI=1S/C19H20ClN3O2S/c1-3-26(24,25)14-6-4-5-13(11-14)17-15-12-23(2)10-9-19(15)8-7-16(20)21-18(19)22-17/h4-6,9-11H,3,7-8,12H2,1-2H3. The highest BCUT2D eigenvalue weighted by atomic mass is 35.5. The van der Waals surface area contributed by atoms with Gasteiger partial charge in [-0.3, -0.25) is 0 Å². The van der Waals surface area contributed by atoms with Crippen LogP contribution in [0.1, 0.15) is 25.3 Å². The van der Waals surface area contributed by atoms with Crippen molar-refractivity contribution in [3.63, 3.8) is 0 Å². The molecule has 1 unspecified atom stereocenters. The van der Waals surface area contributed by atoms with E-state index in [4.69, 9.17) is 16.6 Å². The highest BCUT2D eigenvalue weighted by Gasteiger charge is 2.47. The van der Waals surface area contributed by atoms with Gasteiger partial charge in [0.1, 0.15) is 11.0 Å². The molecule has 136 valence electrons. The van der Waals surface area contributed by atoms with Gasteiger partial charge in [-0.25, -0.2) is 18.4 Å². The fraction of sp³-hybridized carbons (Fsp3) is 0.368.